The van der Waals surface area contributed by atoms with E-state index in [1.807, 2.05) is 0 Å². The molecule has 2 heterocycles. The van der Waals surface area contributed by atoms with Crippen molar-refractivity contribution in [1.82, 2.24) is 15.4 Å². The number of carbonyl (C=O) groups is 1. The quantitative estimate of drug-likeness (QED) is 0.668. The standard InChI is InChI=1S/C15H18N4O4/c1-18-8-2-3-10(18)6-7-16-15(20)14-12-5-4-11(19(21)22)9-13(12)23-17-14/h4-5,9-10H,2-3,6-8H2,1H3,(H,16,20). The monoisotopic (exact) mass is 318 g/mol. The van der Waals surface area contributed by atoms with Crippen molar-refractivity contribution >= 4 is 22.6 Å². The number of rotatable bonds is 5. The summed E-state index contributed by atoms with van der Waals surface area (Å²) in [6.45, 7) is 1.67. The van der Waals surface area contributed by atoms with Gasteiger partial charge in [0, 0.05) is 18.7 Å². The van der Waals surface area contributed by atoms with Gasteiger partial charge in [-0.25, -0.2) is 0 Å². The number of nitrogens with zero attached hydrogens (tertiary/aromatic N) is 3. The molecule has 23 heavy (non-hydrogen) atoms. The van der Waals surface area contributed by atoms with E-state index < -0.39 is 4.92 Å². The Labute approximate surface area is 132 Å². The Morgan fingerprint density at radius 2 is 2.39 bits per heavy atom. The number of amides is 1. The van der Waals surface area contributed by atoms with Gasteiger partial charge in [-0.2, -0.15) is 0 Å². The van der Waals surface area contributed by atoms with Crippen molar-refractivity contribution < 1.29 is 14.2 Å². The second-order valence-electron chi connectivity index (χ2n) is 5.79. The zero-order valence-electron chi connectivity index (χ0n) is 12.8. The molecular weight excluding hydrogens is 300 g/mol. The molecule has 0 aliphatic carbocycles. The van der Waals surface area contributed by atoms with E-state index in [1.54, 1.807) is 0 Å². The van der Waals surface area contributed by atoms with Crippen LogP contribution >= 0.6 is 0 Å². The van der Waals surface area contributed by atoms with Crippen LogP contribution in [-0.2, 0) is 0 Å². The Morgan fingerprint density at radius 3 is 3.09 bits per heavy atom. The maximum absolute atomic E-state index is 12.2. The van der Waals surface area contributed by atoms with E-state index in [0.717, 1.165) is 19.4 Å². The summed E-state index contributed by atoms with van der Waals surface area (Å²) in [4.78, 5) is 24.7. The van der Waals surface area contributed by atoms with Crippen LogP contribution in [0.15, 0.2) is 22.7 Å². The highest BCUT2D eigenvalue weighted by molar-refractivity contribution is 6.04. The van der Waals surface area contributed by atoms with Gasteiger partial charge in [0.2, 0.25) is 0 Å². The first-order chi connectivity index (χ1) is 11.1. The molecule has 3 rings (SSSR count). The van der Waals surface area contributed by atoms with Gasteiger partial charge < -0.3 is 14.7 Å². The molecule has 2 aromatic rings. The van der Waals surface area contributed by atoms with Gasteiger partial charge in [0.25, 0.3) is 11.6 Å². The van der Waals surface area contributed by atoms with Crippen LogP contribution in [-0.4, -0.2) is 47.1 Å². The van der Waals surface area contributed by atoms with Gasteiger partial charge in [-0.1, -0.05) is 5.16 Å². The first kappa shape index (κ1) is 15.4. The third kappa shape index (κ3) is 3.16. The Kier molecular flexibility index (Phi) is 4.24. The molecule has 8 heteroatoms. The lowest BCUT2D eigenvalue weighted by molar-refractivity contribution is -0.384. The lowest BCUT2D eigenvalue weighted by Gasteiger charge is -2.19. The van der Waals surface area contributed by atoms with Crippen molar-refractivity contribution in [1.29, 1.82) is 0 Å². The highest BCUT2D eigenvalue weighted by Crippen LogP contribution is 2.23. The number of non-ortho nitro benzene ring substituents is 1. The van der Waals surface area contributed by atoms with Crippen molar-refractivity contribution in [2.75, 3.05) is 20.1 Å². The van der Waals surface area contributed by atoms with Crippen molar-refractivity contribution in [2.24, 2.45) is 0 Å². The fourth-order valence-corrected chi connectivity index (χ4v) is 2.98. The summed E-state index contributed by atoms with van der Waals surface area (Å²) in [7, 11) is 2.09. The van der Waals surface area contributed by atoms with E-state index in [0.29, 0.717) is 18.0 Å². The third-order valence-electron chi connectivity index (χ3n) is 4.32. The Bertz CT molecular complexity index is 742. The van der Waals surface area contributed by atoms with Gasteiger partial charge in [0.15, 0.2) is 11.3 Å². The van der Waals surface area contributed by atoms with Crippen LogP contribution in [0.5, 0.6) is 0 Å². The molecule has 122 valence electrons. The minimum atomic E-state index is -0.514. The molecule has 8 nitrogen and oxygen atoms in total. The normalized spacial score (nSPS) is 18.4. The molecule has 1 aliphatic heterocycles. The van der Waals surface area contributed by atoms with E-state index in [9.17, 15) is 14.9 Å². The molecule has 1 unspecified atom stereocenters. The molecule has 1 N–H and O–H groups in total. The Hall–Kier alpha value is -2.48. The van der Waals surface area contributed by atoms with Crippen LogP contribution in [0.1, 0.15) is 29.8 Å². The number of nitrogens with one attached hydrogen (secondary N) is 1. The van der Waals surface area contributed by atoms with Gasteiger partial charge in [-0.3, -0.25) is 14.9 Å². The second kappa shape index (κ2) is 6.33. The smallest absolute Gasteiger partial charge is 0.274 e. The first-order valence-corrected chi connectivity index (χ1v) is 7.58. The summed E-state index contributed by atoms with van der Waals surface area (Å²) >= 11 is 0. The summed E-state index contributed by atoms with van der Waals surface area (Å²) in [6.07, 6.45) is 3.24. The van der Waals surface area contributed by atoms with Crippen LogP contribution < -0.4 is 5.32 Å². The molecule has 0 spiro atoms. The fourth-order valence-electron chi connectivity index (χ4n) is 2.98. The number of aromatic nitrogens is 1. The number of hydrogen-bond donors (Lipinski definition) is 1. The maximum Gasteiger partial charge on any atom is 0.274 e. The molecule has 0 saturated carbocycles. The summed E-state index contributed by atoms with van der Waals surface area (Å²) in [5.74, 6) is -0.321. The van der Waals surface area contributed by atoms with Crippen LogP contribution in [0.3, 0.4) is 0 Å². The highest BCUT2D eigenvalue weighted by Gasteiger charge is 2.22. The fraction of sp³-hybridized carbons (Fsp3) is 0.467. The maximum atomic E-state index is 12.2. The molecule has 1 fully saturated rings. The lowest BCUT2D eigenvalue weighted by Crippen LogP contribution is -2.32. The number of fused-ring (bicyclic) bond motifs is 1. The van der Waals surface area contributed by atoms with Gasteiger partial charge in [-0.15, -0.1) is 0 Å². The van der Waals surface area contributed by atoms with Crippen molar-refractivity contribution in [3.63, 3.8) is 0 Å². The van der Waals surface area contributed by atoms with Gasteiger partial charge in [0.1, 0.15) is 0 Å². The zero-order valence-corrected chi connectivity index (χ0v) is 12.8. The number of benzene rings is 1. The van der Waals surface area contributed by atoms with Crippen LogP contribution in [0.2, 0.25) is 0 Å². The molecule has 1 atom stereocenters. The number of nitro groups is 1. The van der Waals surface area contributed by atoms with E-state index in [2.05, 4.69) is 22.4 Å². The molecule has 1 aliphatic rings. The number of hydrogen-bond acceptors (Lipinski definition) is 6. The SMILES string of the molecule is CN1CCCC1CCNC(=O)c1noc2cc([N+](=O)[O-])ccc12. The van der Waals surface area contributed by atoms with Gasteiger partial charge in [0.05, 0.1) is 16.4 Å². The van der Waals surface area contributed by atoms with Crippen molar-refractivity contribution in [3.05, 3.63) is 34.0 Å². The van der Waals surface area contributed by atoms with Crippen molar-refractivity contribution in [2.45, 2.75) is 25.3 Å². The van der Waals surface area contributed by atoms with Gasteiger partial charge in [-0.05, 0) is 38.9 Å². The molecule has 0 radical (unpaired) electrons. The van der Waals surface area contributed by atoms with Crippen molar-refractivity contribution in [3.8, 4) is 0 Å². The number of likely N-dealkylation sites (tertiary alicyclic amines) is 1. The number of carbonyl (C=O) groups excluding carboxylic acids is 1. The average molecular weight is 318 g/mol. The molecule has 1 saturated heterocycles. The van der Waals surface area contributed by atoms with Gasteiger partial charge >= 0.3 is 0 Å². The summed E-state index contributed by atoms with van der Waals surface area (Å²) < 4.78 is 5.03. The Balaban J connectivity index is 1.65. The second-order valence-corrected chi connectivity index (χ2v) is 5.79. The van der Waals surface area contributed by atoms with E-state index in [1.165, 1.54) is 24.6 Å². The van der Waals surface area contributed by atoms with Crippen LogP contribution in [0.4, 0.5) is 5.69 Å². The average Bonchev–Trinajstić information content (AvgIpc) is 3.13. The highest BCUT2D eigenvalue weighted by atomic mass is 16.6. The largest absolute Gasteiger partial charge is 0.355 e. The summed E-state index contributed by atoms with van der Waals surface area (Å²) in [6, 6.07) is 4.60. The van der Waals surface area contributed by atoms with Crippen LogP contribution in [0, 0.1) is 10.1 Å². The zero-order chi connectivity index (χ0) is 16.4. The molecule has 1 aromatic heterocycles. The lowest BCUT2D eigenvalue weighted by atomic mass is 10.1. The first-order valence-electron chi connectivity index (χ1n) is 7.58. The summed E-state index contributed by atoms with van der Waals surface area (Å²) in [5.41, 5.74) is 0.305. The van der Waals surface area contributed by atoms with E-state index >= 15 is 0 Å². The van der Waals surface area contributed by atoms with Crippen LogP contribution in [0.25, 0.3) is 11.0 Å². The topological polar surface area (TPSA) is 102 Å². The summed E-state index contributed by atoms with van der Waals surface area (Å²) in [5, 5.41) is 17.8. The molecule has 1 amide bonds. The number of nitro benzene ring substituents is 1. The molecular formula is C15H18N4O4. The Morgan fingerprint density at radius 1 is 1.57 bits per heavy atom. The minimum absolute atomic E-state index is 0.0927. The van der Waals surface area contributed by atoms with E-state index in [-0.39, 0.29) is 22.9 Å². The minimum Gasteiger partial charge on any atom is -0.355 e. The molecule has 1 aromatic carbocycles. The predicted octanol–water partition coefficient (Wildman–Crippen LogP) is 1.95. The predicted molar refractivity (Wildman–Crippen MR) is 83.3 cm³/mol. The third-order valence-corrected chi connectivity index (χ3v) is 4.32. The van der Waals surface area contributed by atoms with E-state index in [4.69, 9.17) is 4.52 Å². The molecule has 0 bridgehead atoms.